The highest BCUT2D eigenvalue weighted by atomic mass is 16.2. The van der Waals surface area contributed by atoms with E-state index >= 15 is 0 Å². The Hall–Kier alpha value is -1.59. The SMILES string of the molecule is CC(=O)N1CCN(C(=O)C2CC2C(=O)N2CCCC(C)C2)CC1. The number of hydrogen-bond donors (Lipinski definition) is 0. The monoisotopic (exact) mass is 321 g/mol. The van der Waals surface area contributed by atoms with Gasteiger partial charge in [-0.25, -0.2) is 0 Å². The van der Waals surface area contributed by atoms with Crippen LogP contribution in [0.1, 0.15) is 33.1 Å². The number of likely N-dealkylation sites (tertiary alicyclic amines) is 1. The molecule has 2 saturated heterocycles. The summed E-state index contributed by atoms with van der Waals surface area (Å²) in [4.78, 5) is 42.0. The molecule has 1 saturated carbocycles. The van der Waals surface area contributed by atoms with Crippen LogP contribution in [0.3, 0.4) is 0 Å². The molecule has 0 bridgehead atoms. The van der Waals surface area contributed by atoms with Crippen molar-refractivity contribution in [1.82, 2.24) is 14.7 Å². The first-order chi connectivity index (χ1) is 11.0. The van der Waals surface area contributed by atoms with Gasteiger partial charge in [-0.3, -0.25) is 14.4 Å². The minimum absolute atomic E-state index is 0.0655. The van der Waals surface area contributed by atoms with Gasteiger partial charge in [0.25, 0.3) is 0 Å². The fourth-order valence-corrected chi connectivity index (χ4v) is 3.84. The van der Waals surface area contributed by atoms with Gasteiger partial charge in [-0.2, -0.15) is 0 Å². The molecule has 0 radical (unpaired) electrons. The van der Waals surface area contributed by atoms with E-state index in [9.17, 15) is 14.4 Å². The van der Waals surface area contributed by atoms with E-state index in [0.717, 1.165) is 19.5 Å². The zero-order valence-electron chi connectivity index (χ0n) is 14.2. The van der Waals surface area contributed by atoms with Gasteiger partial charge in [0.1, 0.15) is 0 Å². The molecule has 0 spiro atoms. The summed E-state index contributed by atoms with van der Waals surface area (Å²) in [5, 5.41) is 0. The Balaban J connectivity index is 1.49. The van der Waals surface area contributed by atoms with Crippen LogP contribution >= 0.6 is 0 Å². The van der Waals surface area contributed by atoms with Crippen molar-refractivity contribution in [2.45, 2.75) is 33.1 Å². The van der Waals surface area contributed by atoms with E-state index in [4.69, 9.17) is 0 Å². The second-order valence-corrected chi connectivity index (χ2v) is 7.31. The van der Waals surface area contributed by atoms with E-state index in [1.54, 1.807) is 11.8 Å². The second-order valence-electron chi connectivity index (χ2n) is 7.31. The summed E-state index contributed by atoms with van der Waals surface area (Å²) in [5.41, 5.74) is 0. The molecular formula is C17H27N3O3. The van der Waals surface area contributed by atoms with Gasteiger partial charge in [0.05, 0.1) is 11.8 Å². The number of carbonyl (C=O) groups excluding carboxylic acids is 3. The molecule has 128 valence electrons. The number of carbonyl (C=O) groups is 3. The van der Waals surface area contributed by atoms with Crippen LogP contribution in [-0.2, 0) is 14.4 Å². The fourth-order valence-electron chi connectivity index (χ4n) is 3.84. The maximum absolute atomic E-state index is 12.6. The lowest BCUT2D eigenvalue weighted by molar-refractivity contribution is -0.141. The van der Waals surface area contributed by atoms with Gasteiger partial charge in [0, 0.05) is 46.2 Å². The summed E-state index contributed by atoms with van der Waals surface area (Å²) < 4.78 is 0. The molecule has 0 aromatic carbocycles. The van der Waals surface area contributed by atoms with Crippen molar-refractivity contribution in [3.05, 3.63) is 0 Å². The molecule has 3 rings (SSSR count). The molecule has 2 heterocycles. The summed E-state index contributed by atoms with van der Waals surface area (Å²) in [7, 11) is 0. The van der Waals surface area contributed by atoms with Crippen molar-refractivity contribution < 1.29 is 14.4 Å². The zero-order chi connectivity index (χ0) is 16.6. The Bertz CT molecular complexity index is 499. The number of nitrogens with zero attached hydrogens (tertiary/aromatic N) is 3. The molecule has 3 atom stereocenters. The van der Waals surface area contributed by atoms with Crippen LogP contribution in [0.5, 0.6) is 0 Å². The summed E-state index contributed by atoms with van der Waals surface area (Å²) in [5.74, 6) is 0.701. The van der Waals surface area contributed by atoms with Gasteiger partial charge in [-0.15, -0.1) is 0 Å². The highest BCUT2D eigenvalue weighted by molar-refractivity contribution is 5.92. The molecule has 0 N–H and O–H groups in total. The molecule has 6 heteroatoms. The number of hydrogen-bond acceptors (Lipinski definition) is 3. The zero-order valence-corrected chi connectivity index (χ0v) is 14.2. The lowest BCUT2D eigenvalue weighted by atomic mass is 10.00. The number of piperidine rings is 1. The molecule has 3 unspecified atom stereocenters. The van der Waals surface area contributed by atoms with E-state index < -0.39 is 0 Å². The average molecular weight is 321 g/mol. The van der Waals surface area contributed by atoms with Crippen LogP contribution in [0.2, 0.25) is 0 Å². The van der Waals surface area contributed by atoms with Gasteiger partial charge < -0.3 is 14.7 Å². The minimum atomic E-state index is -0.122. The molecule has 2 aliphatic heterocycles. The topological polar surface area (TPSA) is 60.9 Å². The van der Waals surface area contributed by atoms with Gasteiger partial charge in [-0.1, -0.05) is 6.92 Å². The third kappa shape index (κ3) is 3.51. The number of piperazine rings is 1. The summed E-state index contributed by atoms with van der Waals surface area (Å²) >= 11 is 0. The molecule has 0 aromatic rings. The van der Waals surface area contributed by atoms with Gasteiger partial charge in [0.2, 0.25) is 17.7 Å². The molecular weight excluding hydrogens is 294 g/mol. The number of amides is 3. The minimum Gasteiger partial charge on any atom is -0.342 e. The first kappa shape index (κ1) is 16.3. The van der Waals surface area contributed by atoms with Crippen LogP contribution in [0.4, 0.5) is 0 Å². The van der Waals surface area contributed by atoms with E-state index in [0.29, 0.717) is 38.5 Å². The summed E-state index contributed by atoms with van der Waals surface area (Å²) in [6.45, 7) is 7.83. The van der Waals surface area contributed by atoms with Crippen LogP contribution in [0.15, 0.2) is 0 Å². The van der Waals surface area contributed by atoms with Crippen LogP contribution in [-0.4, -0.2) is 71.7 Å². The second kappa shape index (κ2) is 6.49. The predicted molar refractivity (Wildman–Crippen MR) is 85.4 cm³/mol. The molecule has 3 amide bonds. The first-order valence-corrected chi connectivity index (χ1v) is 8.80. The Morgan fingerprint density at radius 2 is 1.39 bits per heavy atom. The molecule has 23 heavy (non-hydrogen) atoms. The maximum Gasteiger partial charge on any atom is 0.226 e. The van der Waals surface area contributed by atoms with Crippen molar-refractivity contribution in [2.24, 2.45) is 17.8 Å². The van der Waals surface area contributed by atoms with Crippen LogP contribution < -0.4 is 0 Å². The Morgan fingerprint density at radius 1 is 0.826 bits per heavy atom. The Morgan fingerprint density at radius 3 is 1.96 bits per heavy atom. The smallest absolute Gasteiger partial charge is 0.226 e. The lowest BCUT2D eigenvalue weighted by Crippen LogP contribution is -2.50. The highest BCUT2D eigenvalue weighted by Crippen LogP contribution is 2.42. The Labute approximate surface area is 137 Å². The van der Waals surface area contributed by atoms with Crippen LogP contribution in [0, 0.1) is 17.8 Å². The first-order valence-electron chi connectivity index (χ1n) is 8.80. The van der Waals surface area contributed by atoms with Crippen molar-refractivity contribution in [2.75, 3.05) is 39.3 Å². The third-order valence-corrected chi connectivity index (χ3v) is 5.43. The van der Waals surface area contributed by atoms with E-state index in [2.05, 4.69) is 6.92 Å². The van der Waals surface area contributed by atoms with E-state index in [1.807, 2.05) is 9.80 Å². The van der Waals surface area contributed by atoms with Crippen molar-refractivity contribution >= 4 is 17.7 Å². The van der Waals surface area contributed by atoms with E-state index in [1.165, 1.54) is 6.42 Å². The number of rotatable bonds is 2. The third-order valence-electron chi connectivity index (χ3n) is 5.43. The molecule has 3 aliphatic rings. The fraction of sp³-hybridized carbons (Fsp3) is 0.824. The standard InChI is InChI=1S/C17H27N3O3/c1-12-4-3-5-20(11-12)17(23)15-10-14(15)16(22)19-8-6-18(7-9-19)13(2)21/h12,14-15H,3-11H2,1-2H3. The molecule has 3 fully saturated rings. The van der Waals surface area contributed by atoms with Gasteiger partial charge >= 0.3 is 0 Å². The Kier molecular flexibility index (Phi) is 4.60. The summed E-state index contributed by atoms with van der Waals surface area (Å²) in [6.07, 6.45) is 2.97. The van der Waals surface area contributed by atoms with E-state index in [-0.39, 0.29) is 29.6 Å². The van der Waals surface area contributed by atoms with Gasteiger partial charge in [0.15, 0.2) is 0 Å². The van der Waals surface area contributed by atoms with Crippen LogP contribution in [0.25, 0.3) is 0 Å². The summed E-state index contributed by atoms with van der Waals surface area (Å²) in [6, 6.07) is 0. The van der Waals surface area contributed by atoms with Crippen molar-refractivity contribution in [1.29, 1.82) is 0 Å². The predicted octanol–water partition coefficient (Wildman–Crippen LogP) is 0.572. The average Bonchev–Trinajstić information content (AvgIpc) is 3.34. The highest BCUT2D eigenvalue weighted by Gasteiger charge is 2.51. The molecule has 6 nitrogen and oxygen atoms in total. The van der Waals surface area contributed by atoms with Crippen molar-refractivity contribution in [3.63, 3.8) is 0 Å². The maximum atomic E-state index is 12.6. The molecule has 0 aromatic heterocycles. The van der Waals surface area contributed by atoms with Gasteiger partial charge in [-0.05, 0) is 25.2 Å². The lowest BCUT2D eigenvalue weighted by Gasteiger charge is -2.34. The van der Waals surface area contributed by atoms with Crippen molar-refractivity contribution in [3.8, 4) is 0 Å². The quantitative estimate of drug-likeness (QED) is 0.747. The largest absolute Gasteiger partial charge is 0.342 e. The normalized spacial score (nSPS) is 31.0. The molecule has 1 aliphatic carbocycles.